The third-order valence-electron chi connectivity index (χ3n) is 3.89. The largest absolute Gasteiger partial charge is 0.465 e. The van der Waals surface area contributed by atoms with Gasteiger partial charge < -0.3 is 24.4 Å². The van der Waals surface area contributed by atoms with E-state index < -0.39 is 11.9 Å². The number of ether oxygens (including phenoxy) is 3. The van der Waals surface area contributed by atoms with Gasteiger partial charge >= 0.3 is 5.97 Å². The summed E-state index contributed by atoms with van der Waals surface area (Å²) in [4.78, 5) is 31.0. The van der Waals surface area contributed by atoms with Crippen molar-refractivity contribution in [2.24, 2.45) is 0 Å². The first-order valence-corrected chi connectivity index (χ1v) is 9.64. The second kappa shape index (κ2) is 10.7. The van der Waals surface area contributed by atoms with Gasteiger partial charge in [0, 0.05) is 32.7 Å². The number of amides is 1. The molecule has 0 saturated heterocycles. The van der Waals surface area contributed by atoms with Crippen LogP contribution in [0.3, 0.4) is 0 Å². The highest BCUT2D eigenvalue weighted by atomic mass is 32.1. The van der Waals surface area contributed by atoms with E-state index in [4.69, 9.17) is 14.2 Å². The smallest absolute Gasteiger partial charge is 0.339 e. The molecule has 1 amide bonds. The number of hydrogen-bond acceptors (Lipinski definition) is 8. The molecule has 0 fully saturated rings. The molecule has 0 aliphatic heterocycles. The molecule has 1 N–H and O–H groups in total. The first-order valence-electron chi connectivity index (χ1n) is 8.76. The number of carbonyl (C=O) groups is 2. The summed E-state index contributed by atoms with van der Waals surface area (Å²) in [5, 5.41) is 5.13. The van der Waals surface area contributed by atoms with Gasteiger partial charge in [-0.2, -0.15) is 0 Å². The molecular formula is C19H25N3O5S. The zero-order valence-corrected chi connectivity index (χ0v) is 17.3. The topological polar surface area (TPSA) is 90.0 Å². The van der Waals surface area contributed by atoms with Gasteiger partial charge in [0.25, 0.3) is 5.91 Å². The minimum absolute atomic E-state index is 0.265. The Hall–Kier alpha value is -2.49. The van der Waals surface area contributed by atoms with Crippen LogP contribution < -0.4 is 10.2 Å². The van der Waals surface area contributed by atoms with E-state index in [1.54, 1.807) is 30.7 Å². The third-order valence-corrected chi connectivity index (χ3v) is 4.85. The van der Waals surface area contributed by atoms with Crippen LogP contribution in [0.5, 0.6) is 0 Å². The van der Waals surface area contributed by atoms with Crippen LogP contribution in [0.15, 0.2) is 23.6 Å². The highest BCUT2D eigenvalue weighted by Gasteiger charge is 2.18. The number of nitrogens with zero attached hydrogens (tertiary/aromatic N) is 2. The summed E-state index contributed by atoms with van der Waals surface area (Å²) in [6.07, 6.45) is 0. The van der Waals surface area contributed by atoms with Gasteiger partial charge in [0.1, 0.15) is 5.69 Å². The van der Waals surface area contributed by atoms with Crippen molar-refractivity contribution >= 4 is 34.0 Å². The second-order valence-electron chi connectivity index (χ2n) is 5.89. The number of rotatable bonds is 10. The molecule has 2 rings (SSSR count). The minimum Gasteiger partial charge on any atom is -0.465 e. The molecule has 0 aliphatic carbocycles. The minimum atomic E-state index is -0.535. The summed E-state index contributed by atoms with van der Waals surface area (Å²) in [6, 6.07) is 5.11. The molecule has 0 bridgehead atoms. The lowest BCUT2D eigenvalue weighted by Gasteiger charge is -2.14. The van der Waals surface area contributed by atoms with Crippen molar-refractivity contribution in [3.05, 3.63) is 40.4 Å². The van der Waals surface area contributed by atoms with Gasteiger partial charge in [-0.05, 0) is 24.6 Å². The van der Waals surface area contributed by atoms with Crippen molar-refractivity contribution in [1.82, 2.24) is 4.98 Å². The van der Waals surface area contributed by atoms with Crippen LogP contribution in [-0.4, -0.2) is 57.9 Å². The number of nitrogens with one attached hydrogen (secondary N) is 1. The van der Waals surface area contributed by atoms with Gasteiger partial charge in [-0.1, -0.05) is 6.07 Å². The van der Waals surface area contributed by atoms with Crippen LogP contribution in [0.25, 0.3) is 0 Å². The molecule has 1 heterocycles. The van der Waals surface area contributed by atoms with Crippen molar-refractivity contribution in [3.8, 4) is 0 Å². The number of aromatic nitrogens is 1. The Balaban J connectivity index is 2.16. The monoisotopic (exact) mass is 407 g/mol. The maximum absolute atomic E-state index is 12.6. The fourth-order valence-corrected chi connectivity index (χ4v) is 3.14. The lowest BCUT2D eigenvalue weighted by atomic mass is 10.1. The van der Waals surface area contributed by atoms with Crippen LogP contribution in [0, 0.1) is 0 Å². The summed E-state index contributed by atoms with van der Waals surface area (Å²) in [5.41, 5.74) is 1.72. The lowest BCUT2D eigenvalue weighted by molar-refractivity contribution is 0.0601. The summed E-state index contributed by atoms with van der Waals surface area (Å²) >= 11 is 1.36. The van der Waals surface area contributed by atoms with Crippen LogP contribution in [0.1, 0.15) is 33.3 Å². The van der Waals surface area contributed by atoms with Crippen molar-refractivity contribution in [3.63, 3.8) is 0 Å². The van der Waals surface area contributed by atoms with Gasteiger partial charge in [-0.25, -0.2) is 9.78 Å². The molecule has 8 nitrogen and oxygen atoms in total. The second-order valence-corrected chi connectivity index (χ2v) is 6.73. The molecular weight excluding hydrogens is 382 g/mol. The van der Waals surface area contributed by atoms with E-state index >= 15 is 0 Å². The Morgan fingerprint density at radius 1 is 1.29 bits per heavy atom. The number of benzene rings is 1. The fraction of sp³-hybridized carbons (Fsp3) is 0.421. The molecule has 152 valence electrons. The summed E-state index contributed by atoms with van der Waals surface area (Å²) in [6.45, 7) is 4.06. The van der Waals surface area contributed by atoms with Crippen molar-refractivity contribution in [1.29, 1.82) is 0 Å². The first-order chi connectivity index (χ1) is 13.5. The quantitative estimate of drug-likeness (QED) is 0.606. The average molecular weight is 407 g/mol. The van der Waals surface area contributed by atoms with E-state index in [-0.39, 0.29) is 11.3 Å². The number of esters is 1. The molecule has 0 radical (unpaired) electrons. The third kappa shape index (κ3) is 5.75. The Bertz CT molecular complexity index is 809. The van der Waals surface area contributed by atoms with Crippen LogP contribution >= 0.6 is 11.3 Å². The normalized spacial score (nSPS) is 10.6. The Morgan fingerprint density at radius 2 is 2.07 bits per heavy atom. The molecule has 0 spiro atoms. The predicted molar refractivity (Wildman–Crippen MR) is 108 cm³/mol. The zero-order valence-electron chi connectivity index (χ0n) is 16.5. The Labute approximate surface area is 168 Å². The SMILES string of the molecule is CCOCc1ccc(NC(=O)c2csc(N(C)CCOC)n2)c(C(=O)OC)c1. The number of methoxy groups -OCH3 is 2. The molecule has 1 aromatic carbocycles. The van der Waals surface area contributed by atoms with Gasteiger partial charge in [0.05, 0.1) is 31.6 Å². The highest BCUT2D eigenvalue weighted by molar-refractivity contribution is 7.13. The molecule has 0 saturated carbocycles. The number of thiazole rings is 1. The van der Waals surface area contributed by atoms with Gasteiger partial charge in [-0.15, -0.1) is 11.3 Å². The molecule has 0 unspecified atom stereocenters. The van der Waals surface area contributed by atoms with E-state index in [2.05, 4.69) is 10.3 Å². The average Bonchev–Trinajstić information content (AvgIpc) is 3.21. The Morgan fingerprint density at radius 3 is 2.75 bits per heavy atom. The molecule has 0 aliphatic rings. The van der Waals surface area contributed by atoms with Crippen LogP contribution in [0.2, 0.25) is 0 Å². The molecule has 2 aromatic rings. The molecule has 9 heteroatoms. The van der Waals surface area contributed by atoms with E-state index in [0.717, 1.165) is 5.56 Å². The Kier molecular flexibility index (Phi) is 8.37. The van der Waals surface area contributed by atoms with Gasteiger partial charge in [-0.3, -0.25) is 4.79 Å². The molecule has 1 aromatic heterocycles. The lowest BCUT2D eigenvalue weighted by Crippen LogP contribution is -2.22. The number of carbonyl (C=O) groups excluding carboxylic acids is 2. The summed E-state index contributed by atoms with van der Waals surface area (Å²) < 4.78 is 15.3. The van der Waals surface area contributed by atoms with Crippen LogP contribution in [-0.2, 0) is 20.8 Å². The van der Waals surface area contributed by atoms with Gasteiger partial charge in [0.15, 0.2) is 5.13 Å². The standard InChI is InChI=1S/C19H25N3O5S/c1-5-27-11-13-6-7-15(14(10-13)18(24)26-4)20-17(23)16-12-28-19(21-16)22(2)8-9-25-3/h6-7,10,12H,5,8-9,11H2,1-4H3,(H,20,23). The van der Waals surface area contributed by atoms with E-state index in [9.17, 15) is 9.59 Å². The van der Waals surface area contributed by atoms with E-state index in [0.29, 0.717) is 37.2 Å². The summed E-state index contributed by atoms with van der Waals surface area (Å²) in [7, 11) is 4.81. The van der Waals surface area contributed by atoms with Crippen molar-refractivity contribution < 1.29 is 23.8 Å². The van der Waals surface area contributed by atoms with Crippen LogP contribution in [0.4, 0.5) is 10.8 Å². The van der Waals surface area contributed by atoms with E-state index in [1.807, 2.05) is 18.9 Å². The number of anilines is 2. The number of likely N-dealkylation sites (N-methyl/N-ethyl adjacent to an activating group) is 1. The highest BCUT2D eigenvalue weighted by Crippen LogP contribution is 2.23. The van der Waals surface area contributed by atoms with Gasteiger partial charge in [0.2, 0.25) is 0 Å². The zero-order chi connectivity index (χ0) is 20.5. The number of hydrogen-bond donors (Lipinski definition) is 1. The van der Waals surface area contributed by atoms with Crippen molar-refractivity contribution in [2.75, 3.05) is 51.2 Å². The first kappa shape index (κ1) is 21.8. The maximum atomic E-state index is 12.6. The fourth-order valence-electron chi connectivity index (χ4n) is 2.34. The van der Waals surface area contributed by atoms with Crippen molar-refractivity contribution in [2.45, 2.75) is 13.5 Å². The maximum Gasteiger partial charge on any atom is 0.339 e. The summed E-state index contributed by atoms with van der Waals surface area (Å²) in [5.74, 6) is -0.933. The molecule has 28 heavy (non-hydrogen) atoms. The predicted octanol–water partition coefficient (Wildman–Crippen LogP) is 2.80. The van der Waals surface area contributed by atoms with E-state index in [1.165, 1.54) is 18.4 Å². The molecule has 0 atom stereocenters.